The summed E-state index contributed by atoms with van der Waals surface area (Å²) in [6, 6.07) is 68.4. The minimum atomic E-state index is -3.85. The molecule has 14 aromatic rings. The van der Waals surface area contributed by atoms with E-state index in [0.717, 1.165) is 84.2 Å². The Labute approximate surface area is 776 Å². The van der Waals surface area contributed by atoms with Crippen molar-refractivity contribution in [1.29, 1.82) is 0 Å². The number of thiazole rings is 2. The molecule has 0 bridgehead atoms. The highest BCUT2D eigenvalue weighted by molar-refractivity contribution is 7.89. The van der Waals surface area contributed by atoms with E-state index in [1.165, 1.54) is 92.4 Å². The van der Waals surface area contributed by atoms with Crippen molar-refractivity contribution in [1.82, 2.24) is 56.9 Å². The maximum Gasteiger partial charge on any atom is 0.245 e. The Bertz CT molecular complexity index is 6520. The van der Waals surface area contributed by atoms with Gasteiger partial charge < -0.3 is 14.3 Å². The lowest BCUT2D eigenvalue weighted by Crippen LogP contribution is -2.32. The number of hydrogen-bond acceptors (Lipinski definition) is 23. The number of pyridine rings is 2. The largest absolute Gasteiger partial charge is 0.486 e. The van der Waals surface area contributed by atoms with E-state index < -0.39 is 40.1 Å². The summed E-state index contributed by atoms with van der Waals surface area (Å²) in [5.74, 6) is 1.50. The van der Waals surface area contributed by atoms with E-state index in [0.29, 0.717) is 71.8 Å². The van der Waals surface area contributed by atoms with Crippen LogP contribution in [-0.4, -0.2) is 146 Å². The Morgan fingerprint density at radius 2 is 0.900 bits per heavy atom. The molecule has 0 aliphatic carbocycles. The molecule has 0 spiro atoms. The zero-order valence-corrected chi connectivity index (χ0v) is 78.3. The predicted octanol–water partition coefficient (Wildman–Crippen LogP) is 17.7. The molecule has 0 saturated carbocycles. The normalized spacial score (nSPS) is 11.6. The van der Waals surface area contributed by atoms with Gasteiger partial charge in [0.2, 0.25) is 40.1 Å². The van der Waals surface area contributed by atoms with Gasteiger partial charge in [0, 0.05) is 160 Å². The van der Waals surface area contributed by atoms with Crippen LogP contribution in [0.2, 0.25) is 10.0 Å². The molecule has 0 aliphatic heterocycles. The van der Waals surface area contributed by atoms with Crippen molar-refractivity contribution in [2.75, 3.05) is 32.6 Å². The number of carbonyl (C=O) groups is 4. The zero-order chi connectivity index (χ0) is 92.6. The summed E-state index contributed by atoms with van der Waals surface area (Å²) in [6.07, 6.45) is 19.6. The smallest absolute Gasteiger partial charge is 0.245 e. The minimum absolute atomic E-state index is 0.0400. The van der Waals surface area contributed by atoms with Gasteiger partial charge >= 0.3 is 0 Å². The molecule has 8 aromatic carbocycles. The number of halogens is 2. The number of carbonyl (C=O) groups excluding carboxylic acids is 4. The SMILES string of the molecule is CC(=O)CCc1cccc(CN(Cc2ccc(-n3cccn3)cc2)S(=O)(=O)c2cccnc2)c1.CC(=O)COc1cccc(CN(Cc2ccc(-c3ncccn3)cc2)S(=O)(=O)c2cccnc2)c1.CC(=O)COc1cccc(CN(Cc2ccc(-c3nccs3)cc2)S(=O)(=O)c2ccc(Cl)cc2)c1.CC(=O)c1csc(CCCN(CCCc2cccc(Cl)c2)S(C)(=O)=O)n1. The number of ketones is 4. The Hall–Kier alpha value is -11.9. The van der Waals surface area contributed by atoms with E-state index in [9.17, 15) is 52.8 Å². The van der Waals surface area contributed by atoms with Crippen molar-refractivity contribution >= 4 is 109 Å². The van der Waals surface area contributed by atoms with Gasteiger partial charge in [0.25, 0.3) is 0 Å². The van der Waals surface area contributed by atoms with E-state index in [1.807, 2.05) is 151 Å². The number of benzene rings is 8. The second-order valence-corrected chi connectivity index (χ2v) is 40.6. The van der Waals surface area contributed by atoms with E-state index in [2.05, 4.69) is 35.0 Å². The van der Waals surface area contributed by atoms with E-state index in [1.54, 1.807) is 132 Å². The molecule has 14 rings (SSSR count). The molecule has 26 nitrogen and oxygen atoms in total. The van der Waals surface area contributed by atoms with Gasteiger partial charge in [-0.2, -0.15) is 18.0 Å². The lowest BCUT2D eigenvalue weighted by atomic mass is 10.1. The van der Waals surface area contributed by atoms with Crippen molar-refractivity contribution in [3.05, 3.63) is 362 Å². The summed E-state index contributed by atoms with van der Waals surface area (Å²) in [6.45, 7) is 7.74. The van der Waals surface area contributed by atoms with Gasteiger partial charge in [-0.15, -0.1) is 22.7 Å². The first-order valence-electron chi connectivity index (χ1n) is 41.0. The Morgan fingerprint density at radius 1 is 0.415 bits per heavy atom. The molecule has 6 heterocycles. The third-order valence-electron chi connectivity index (χ3n) is 19.6. The molecular weight excluding hydrogens is 1810 g/mol. The number of Topliss-reactive ketones (excluding diaryl/α,β-unsaturated/α-hetero) is 4. The summed E-state index contributed by atoms with van der Waals surface area (Å²) in [4.78, 5) is 70.7. The maximum absolute atomic E-state index is 13.6. The Kier molecular flexibility index (Phi) is 36.5. The maximum atomic E-state index is 13.6. The quantitative estimate of drug-likeness (QED) is 0.0322. The summed E-state index contributed by atoms with van der Waals surface area (Å²) < 4.78 is 124. The van der Waals surface area contributed by atoms with Gasteiger partial charge in [0.15, 0.2) is 23.2 Å². The Balaban J connectivity index is 0.000000169. The third kappa shape index (κ3) is 30.6. The van der Waals surface area contributed by atoms with Gasteiger partial charge in [-0.25, -0.2) is 62.6 Å². The Morgan fingerprint density at radius 3 is 1.37 bits per heavy atom. The molecule has 0 fully saturated rings. The number of hydrogen-bond donors (Lipinski definition) is 0. The first-order chi connectivity index (χ1) is 62.4. The van der Waals surface area contributed by atoms with Crippen LogP contribution in [0.25, 0.3) is 27.6 Å². The zero-order valence-electron chi connectivity index (χ0n) is 71.9. The van der Waals surface area contributed by atoms with Crippen molar-refractivity contribution < 1.29 is 62.3 Å². The average molecular weight is 1910 g/mol. The summed E-state index contributed by atoms with van der Waals surface area (Å²) in [5.41, 5.74) is 10.1. The van der Waals surface area contributed by atoms with Crippen LogP contribution in [0.1, 0.15) is 107 Å². The molecule has 0 amide bonds. The van der Waals surface area contributed by atoms with Crippen LogP contribution < -0.4 is 9.47 Å². The molecule has 130 heavy (non-hydrogen) atoms. The van der Waals surface area contributed by atoms with E-state index in [4.69, 9.17) is 32.7 Å². The van der Waals surface area contributed by atoms with Crippen molar-refractivity contribution in [3.8, 4) is 39.1 Å². The molecule has 34 heteroatoms. The summed E-state index contributed by atoms with van der Waals surface area (Å²) in [7, 11) is -14.7. The molecule has 0 saturated heterocycles. The van der Waals surface area contributed by atoms with Crippen LogP contribution >= 0.6 is 45.9 Å². The fourth-order valence-electron chi connectivity index (χ4n) is 13.1. The fourth-order valence-corrected chi connectivity index (χ4v) is 20.0. The average Bonchev–Trinajstić information content (AvgIpc) is 1.72. The molecule has 6 aromatic heterocycles. The number of aromatic nitrogens is 8. The molecule has 0 aliphatic rings. The van der Waals surface area contributed by atoms with E-state index >= 15 is 0 Å². The second kappa shape index (κ2) is 48.1. The fraction of sp³-hybridized carbons (Fsp3) is 0.219. The van der Waals surface area contributed by atoms with Gasteiger partial charge in [0.05, 0.1) is 21.8 Å². The van der Waals surface area contributed by atoms with Gasteiger partial charge in [-0.05, 0) is 200 Å². The van der Waals surface area contributed by atoms with Gasteiger partial charge in [0.1, 0.15) is 51.0 Å². The lowest BCUT2D eigenvalue weighted by Gasteiger charge is -2.23. The summed E-state index contributed by atoms with van der Waals surface area (Å²) in [5, 5.41) is 10.8. The molecule has 0 radical (unpaired) electrons. The lowest BCUT2D eigenvalue weighted by molar-refractivity contribution is -0.119. The van der Waals surface area contributed by atoms with Crippen LogP contribution in [-0.2, 0) is 113 Å². The van der Waals surface area contributed by atoms with Crippen LogP contribution in [0, 0.1) is 0 Å². The molecular formula is C96H96Cl2N12O14S6. The number of rotatable bonds is 40. The highest BCUT2D eigenvalue weighted by atomic mass is 35.5. The third-order valence-corrected chi connectivity index (χ3v) is 28.5. The van der Waals surface area contributed by atoms with Gasteiger partial charge in [-0.3, -0.25) is 24.4 Å². The topological polar surface area (TPSA) is 331 Å². The van der Waals surface area contributed by atoms with Crippen LogP contribution in [0.4, 0.5) is 0 Å². The number of ether oxygens (including phenoxy) is 2. The standard InChI is InChI=1S/C26H23ClN2O4S2.C26H24N4O4S.C26H26N4O3S.C18H23ClN2O3S2/c1-19(30)18-33-24-4-2-3-21(15-24)17-29(35(31,32)25-11-9-23(27)10-12-25)16-20-5-7-22(8-6-20)26-28-13-14-34-26;1-20(31)19-34-24-6-2-5-22(15-24)18-30(35(32,33)25-7-3-12-27-16-25)17-21-8-10-23(11-9-21)26-28-13-4-14-29-26;1-21(31)8-9-22-5-2-6-24(17-22)20-29(34(32,33)26-7-3-14-27-18-26)19-23-10-12-25(13-11-23)30-16-4-15-28-30;1-14(22)17-13-25-18(20-17)9-5-11-21(26(2,23)24)10-4-7-15-6-3-8-16(19)12-15/h2-15H,16-18H2,1H3;2-16H,17-19H2,1H3;2-7,10-18H,8-9,19-20H2,1H3;3,6,8,12-13H,4-5,7,9-11H2,1-2H3. The van der Waals surface area contributed by atoms with Crippen LogP contribution in [0.15, 0.2) is 312 Å². The number of nitrogens with zero attached hydrogens (tertiary/aromatic N) is 12. The number of sulfonamides is 4. The molecule has 0 unspecified atom stereocenters. The predicted molar refractivity (Wildman–Crippen MR) is 505 cm³/mol. The van der Waals surface area contributed by atoms with Crippen molar-refractivity contribution in [2.24, 2.45) is 0 Å². The number of aryl methyl sites for hydroxylation is 3. The highest BCUT2D eigenvalue weighted by Gasteiger charge is 2.30. The highest BCUT2D eigenvalue weighted by Crippen LogP contribution is 2.31. The molecule has 0 N–H and O–H groups in total. The van der Waals surface area contributed by atoms with Gasteiger partial charge in [-0.1, -0.05) is 145 Å². The molecule has 674 valence electrons. The first-order valence-corrected chi connectivity index (χ1v) is 49.7. The molecule has 0 atom stereocenters. The monoisotopic (exact) mass is 1900 g/mol. The minimum Gasteiger partial charge on any atom is -0.486 e. The van der Waals surface area contributed by atoms with Crippen molar-refractivity contribution in [3.63, 3.8) is 0 Å². The summed E-state index contributed by atoms with van der Waals surface area (Å²) >= 11 is 14.9. The van der Waals surface area contributed by atoms with Crippen LogP contribution in [0.5, 0.6) is 11.5 Å². The first kappa shape index (κ1) is 98.7. The van der Waals surface area contributed by atoms with Crippen molar-refractivity contribution in [2.45, 2.75) is 120 Å². The van der Waals surface area contributed by atoms with E-state index in [-0.39, 0.29) is 90.3 Å². The van der Waals surface area contributed by atoms with Crippen LogP contribution in [0.3, 0.4) is 0 Å². The second-order valence-electron chi connectivity index (χ2n) is 30.1.